The number of hydrogen-bond donors (Lipinski definition) is 1. The second-order valence-electron chi connectivity index (χ2n) is 4.43. The van der Waals surface area contributed by atoms with Crippen LogP contribution in [0, 0.1) is 0 Å². The molecule has 0 aromatic carbocycles. The Morgan fingerprint density at radius 1 is 1.12 bits per heavy atom. The first kappa shape index (κ1) is 15.6. The third kappa shape index (κ3) is 8.84. The molecule has 1 atom stereocenters. The molecule has 16 heavy (non-hydrogen) atoms. The number of Topliss-reactive ketones (excluding diaryl/α,β-unsaturated/α-hetero) is 1. The third-order valence-electron chi connectivity index (χ3n) is 2.54. The van der Waals surface area contributed by atoms with Crippen LogP contribution in [0.4, 0.5) is 0 Å². The number of rotatable bonds is 9. The van der Waals surface area contributed by atoms with Crippen LogP contribution in [0.5, 0.6) is 0 Å². The highest BCUT2D eigenvalue weighted by Gasteiger charge is 2.12. The van der Waals surface area contributed by atoms with E-state index in [1.807, 2.05) is 0 Å². The van der Waals surface area contributed by atoms with Gasteiger partial charge in [0, 0.05) is 12.8 Å². The molecule has 94 valence electrons. The number of hydrogen-bond acceptors (Lipinski definition) is 2. The van der Waals surface area contributed by atoms with Gasteiger partial charge in [0.1, 0.15) is 5.78 Å². The second-order valence-corrected chi connectivity index (χ2v) is 7.54. The second kappa shape index (κ2) is 8.69. The molecule has 0 rings (SSSR count). The average Bonchev–Trinajstić information content (AvgIpc) is 2.14. The maximum absolute atomic E-state index is 10.8. The molecular weight excluding hydrogens is 223 g/mol. The molecule has 0 aliphatic carbocycles. The molecule has 0 radical (unpaired) electrons. The molecule has 4 heteroatoms. The normalized spacial score (nSPS) is 12.8. The number of carbonyl (C=O) groups excluding carboxylic acids is 1. The van der Waals surface area contributed by atoms with Gasteiger partial charge in [0.25, 0.3) is 0 Å². The van der Waals surface area contributed by atoms with Crippen molar-refractivity contribution in [3.8, 4) is 0 Å². The van der Waals surface area contributed by atoms with Crippen molar-refractivity contribution < 1.29 is 14.7 Å². The third-order valence-corrected chi connectivity index (χ3v) is 5.78. The van der Waals surface area contributed by atoms with E-state index >= 15 is 0 Å². The van der Waals surface area contributed by atoms with Crippen LogP contribution in [0.25, 0.3) is 0 Å². The molecule has 1 N–H and O–H groups in total. The van der Waals surface area contributed by atoms with Crippen molar-refractivity contribution >= 4 is 19.7 Å². The first-order valence-corrected chi connectivity index (χ1v) is 7.67. The van der Waals surface area contributed by atoms with Crippen molar-refractivity contribution in [3.05, 3.63) is 0 Å². The number of ketones is 1. The Morgan fingerprint density at radius 2 is 1.62 bits per heavy atom. The minimum absolute atomic E-state index is 0.0965. The maximum Gasteiger partial charge on any atom is 0.303 e. The summed E-state index contributed by atoms with van der Waals surface area (Å²) in [6, 6.07) is 0. The van der Waals surface area contributed by atoms with Gasteiger partial charge in [-0.25, -0.2) is 0 Å². The Morgan fingerprint density at radius 3 is 2.00 bits per heavy atom. The maximum atomic E-state index is 10.8. The Kier molecular flexibility index (Phi) is 8.46. The molecule has 0 saturated heterocycles. The number of carbonyl (C=O) groups is 2. The van der Waals surface area contributed by atoms with Gasteiger partial charge in [-0.05, 0) is 37.7 Å². The molecule has 0 aliphatic heterocycles. The zero-order valence-electron chi connectivity index (χ0n) is 10.5. The summed E-state index contributed by atoms with van der Waals surface area (Å²) >= 11 is 0. The lowest BCUT2D eigenvalue weighted by atomic mass is 10.3. The van der Waals surface area contributed by atoms with E-state index in [0.29, 0.717) is 12.1 Å². The van der Waals surface area contributed by atoms with Crippen molar-refractivity contribution in [2.75, 3.05) is 12.3 Å². The van der Waals surface area contributed by atoms with Crippen molar-refractivity contribution in [2.45, 2.75) is 52.1 Å². The van der Waals surface area contributed by atoms with E-state index in [2.05, 4.69) is 13.8 Å². The summed E-state index contributed by atoms with van der Waals surface area (Å²) in [6.07, 6.45) is 4.82. The van der Waals surface area contributed by atoms with E-state index in [1.54, 1.807) is 6.92 Å². The topological polar surface area (TPSA) is 54.4 Å². The molecule has 0 fully saturated rings. The SMILES string of the molecule is CC(=O)CCCP(CCCC(=O)O)C(C)C. The van der Waals surface area contributed by atoms with Gasteiger partial charge in [0.15, 0.2) is 0 Å². The summed E-state index contributed by atoms with van der Waals surface area (Å²) in [5.74, 6) is -0.452. The van der Waals surface area contributed by atoms with E-state index in [4.69, 9.17) is 5.11 Å². The molecule has 0 saturated carbocycles. The van der Waals surface area contributed by atoms with E-state index in [9.17, 15) is 9.59 Å². The van der Waals surface area contributed by atoms with Crippen LogP contribution in [-0.2, 0) is 9.59 Å². The molecule has 1 unspecified atom stereocenters. The molecule has 3 nitrogen and oxygen atoms in total. The molecule has 0 amide bonds. The predicted molar refractivity (Wildman–Crippen MR) is 68.6 cm³/mol. The fourth-order valence-electron chi connectivity index (χ4n) is 1.59. The van der Waals surface area contributed by atoms with Crippen LogP contribution in [0.15, 0.2) is 0 Å². The molecule has 0 aromatic heterocycles. The van der Waals surface area contributed by atoms with Gasteiger partial charge in [-0.1, -0.05) is 13.8 Å². The van der Waals surface area contributed by atoms with Crippen molar-refractivity contribution in [3.63, 3.8) is 0 Å². The van der Waals surface area contributed by atoms with E-state index in [-0.39, 0.29) is 20.1 Å². The summed E-state index contributed by atoms with van der Waals surface area (Å²) in [4.78, 5) is 21.2. The fourth-order valence-corrected chi connectivity index (χ4v) is 3.98. The summed E-state index contributed by atoms with van der Waals surface area (Å²) in [6.45, 7) is 6.02. The monoisotopic (exact) mass is 246 g/mol. The Bertz CT molecular complexity index is 206. The van der Waals surface area contributed by atoms with Crippen LogP contribution < -0.4 is 0 Å². The first-order chi connectivity index (χ1) is 7.43. The molecule has 0 heterocycles. The van der Waals surface area contributed by atoms with Crippen LogP contribution >= 0.6 is 7.92 Å². The number of carboxylic acid groups (broad SMARTS) is 1. The molecule has 0 bridgehead atoms. The lowest BCUT2D eigenvalue weighted by Crippen LogP contribution is -2.04. The highest BCUT2D eigenvalue weighted by molar-refractivity contribution is 7.58. The van der Waals surface area contributed by atoms with Crippen LogP contribution in [0.3, 0.4) is 0 Å². The van der Waals surface area contributed by atoms with Gasteiger partial charge < -0.3 is 9.90 Å². The average molecular weight is 246 g/mol. The Balaban J connectivity index is 3.79. The zero-order chi connectivity index (χ0) is 12.6. The van der Waals surface area contributed by atoms with E-state index < -0.39 is 5.97 Å². The lowest BCUT2D eigenvalue weighted by molar-refractivity contribution is -0.137. The van der Waals surface area contributed by atoms with Gasteiger partial charge in [0.05, 0.1) is 0 Å². The highest BCUT2D eigenvalue weighted by Crippen LogP contribution is 2.42. The zero-order valence-corrected chi connectivity index (χ0v) is 11.4. The van der Waals surface area contributed by atoms with Gasteiger partial charge >= 0.3 is 5.97 Å². The number of carboxylic acids is 1. The van der Waals surface area contributed by atoms with Crippen LogP contribution in [0.1, 0.15) is 46.5 Å². The van der Waals surface area contributed by atoms with Crippen LogP contribution in [-0.4, -0.2) is 34.8 Å². The summed E-state index contributed by atoms with van der Waals surface area (Å²) in [5, 5.41) is 8.58. The van der Waals surface area contributed by atoms with Crippen molar-refractivity contribution in [2.24, 2.45) is 0 Å². The van der Waals surface area contributed by atoms with Crippen molar-refractivity contribution in [1.29, 1.82) is 0 Å². The van der Waals surface area contributed by atoms with Crippen molar-refractivity contribution in [1.82, 2.24) is 0 Å². The van der Waals surface area contributed by atoms with Crippen LogP contribution in [0.2, 0.25) is 0 Å². The largest absolute Gasteiger partial charge is 0.481 e. The molecule has 0 aromatic rings. The minimum atomic E-state index is -0.706. The van der Waals surface area contributed by atoms with Gasteiger partial charge in [-0.3, -0.25) is 4.79 Å². The summed E-state index contributed by atoms with van der Waals surface area (Å²) < 4.78 is 0. The predicted octanol–water partition coefficient (Wildman–Crippen LogP) is 3.11. The minimum Gasteiger partial charge on any atom is -0.481 e. The van der Waals surface area contributed by atoms with E-state index in [0.717, 1.165) is 25.2 Å². The van der Waals surface area contributed by atoms with Gasteiger partial charge in [-0.2, -0.15) is 0 Å². The molecule has 0 aliphatic rings. The fraction of sp³-hybridized carbons (Fsp3) is 0.833. The van der Waals surface area contributed by atoms with Gasteiger partial charge in [-0.15, -0.1) is 7.92 Å². The Labute approximate surface area is 99.4 Å². The van der Waals surface area contributed by atoms with Gasteiger partial charge in [0.2, 0.25) is 0 Å². The smallest absolute Gasteiger partial charge is 0.303 e. The highest BCUT2D eigenvalue weighted by atomic mass is 31.1. The molecular formula is C12H23O3P. The first-order valence-electron chi connectivity index (χ1n) is 5.88. The molecule has 0 spiro atoms. The summed E-state index contributed by atoms with van der Waals surface area (Å²) in [7, 11) is -0.0965. The van der Waals surface area contributed by atoms with E-state index in [1.165, 1.54) is 0 Å². The Hall–Kier alpha value is -0.430. The quantitative estimate of drug-likeness (QED) is 0.636. The summed E-state index contributed by atoms with van der Waals surface area (Å²) in [5.41, 5.74) is 0.635. The standard InChI is InChI=1S/C12H23O3P/c1-10(2)16(8-4-6-11(3)13)9-5-7-12(14)15/h10H,4-9H2,1-3H3,(H,14,15). The lowest BCUT2D eigenvalue weighted by Gasteiger charge is -2.21. The number of aliphatic carboxylic acids is 1.